The van der Waals surface area contributed by atoms with Crippen molar-refractivity contribution in [3.05, 3.63) is 46.7 Å². The lowest BCUT2D eigenvalue weighted by Crippen LogP contribution is -2.12. The molecule has 0 fully saturated rings. The predicted molar refractivity (Wildman–Crippen MR) is 84.3 cm³/mol. The summed E-state index contributed by atoms with van der Waals surface area (Å²) in [5.41, 5.74) is 2.19. The average molecular weight is 317 g/mol. The van der Waals surface area contributed by atoms with Crippen molar-refractivity contribution < 1.29 is 9.90 Å². The Bertz CT molecular complexity index is 889. The van der Waals surface area contributed by atoms with Crippen LogP contribution in [0.2, 0.25) is 5.02 Å². The Morgan fingerprint density at radius 3 is 2.91 bits per heavy atom. The fraction of sp³-hybridized carbons (Fsp3) is 0.133. The molecular weight excluding hydrogens is 304 g/mol. The predicted octanol–water partition coefficient (Wildman–Crippen LogP) is 2.89. The van der Waals surface area contributed by atoms with Crippen LogP contribution in [0.4, 0.5) is 5.69 Å². The van der Waals surface area contributed by atoms with Crippen molar-refractivity contribution in [1.29, 1.82) is 0 Å². The molecule has 0 aliphatic rings. The average Bonchev–Trinajstić information content (AvgIpc) is 2.76. The Balaban J connectivity index is 1.94. The number of nitrogens with one attached hydrogen (secondary N) is 1. The van der Waals surface area contributed by atoms with E-state index in [9.17, 15) is 9.90 Å². The number of aryl methyl sites for hydroxylation is 2. The van der Waals surface area contributed by atoms with E-state index in [-0.39, 0.29) is 11.3 Å². The van der Waals surface area contributed by atoms with Crippen LogP contribution in [0.3, 0.4) is 0 Å². The second-order valence-corrected chi connectivity index (χ2v) is 5.36. The topological polar surface area (TPSA) is 80.0 Å². The Morgan fingerprint density at radius 1 is 1.36 bits per heavy atom. The van der Waals surface area contributed by atoms with E-state index in [0.29, 0.717) is 10.7 Å². The van der Waals surface area contributed by atoms with Crippen molar-refractivity contribution >= 4 is 34.2 Å². The van der Waals surface area contributed by atoms with Gasteiger partial charge in [0.25, 0.3) is 5.91 Å². The van der Waals surface area contributed by atoms with E-state index in [1.165, 1.54) is 18.2 Å². The zero-order valence-electron chi connectivity index (χ0n) is 12.0. The number of amides is 1. The number of aromatic hydroxyl groups is 1. The first-order chi connectivity index (χ1) is 10.5. The quantitative estimate of drug-likeness (QED) is 0.762. The van der Waals surface area contributed by atoms with Gasteiger partial charge in [-0.05, 0) is 31.2 Å². The highest BCUT2D eigenvalue weighted by Crippen LogP contribution is 2.24. The molecule has 7 heteroatoms. The SMILES string of the molecule is Cc1nn(C)c2ncc(NC(=O)c3cc(Cl)ccc3O)cc12. The van der Waals surface area contributed by atoms with Crippen LogP contribution in [-0.4, -0.2) is 25.8 Å². The summed E-state index contributed by atoms with van der Waals surface area (Å²) >= 11 is 5.85. The minimum Gasteiger partial charge on any atom is -0.507 e. The second-order valence-electron chi connectivity index (χ2n) is 4.92. The molecule has 0 aliphatic carbocycles. The minimum atomic E-state index is -0.456. The number of fused-ring (bicyclic) bond motifs is 1. The first-order valence-electron chi connectivity index (χ1n) is 6.55. The van der Waals surface area contributed by atoms with E-state index in [4.69, 9.17) is 11.6 Å². The zero-order valence-corrected chi connectivity index (χ0v) is 12.7. The number of pyridine rings is 1. The fourth-order valence-corrected chi connectivity index (χ4v) is 2.44. The lowest BCUT2D eigenvalue weighted by molar-refractivity contribution is 0.102. The number of carbonyl (C=O) groups excluding carboxylic acids is 1. The van der Waals surface area contributed by atoms with Crippen molar-refractivity contribution in [2.24, 2.45) is 7.05 Å². The summed E-state index contributed by atoms with van der Waals surface area (Å²) in [6, 6.07) is 6.10. The zero-order chi connectivity index (χ0) is 15.9. The summed E-state index contributed by atoms with van der Waals surface area (Å²) in [6.07, 6.45) is 1.54. The van der Waals surface area contributed by atoms with Crippen LogP contribution < -0.4 is 5.32 Å². The monoisotopic (exact) mass is 316 g/mol. The molecular formula is C15H13ClN4O2. The van der Waals surface area contributed by atoms with Gasteiger partial charge in [-0.2, -0.15) is 5.10 Å². The summed E-state index contributed by atoms with van der Waals surface area (Å²) in [5.74, 6) is -0.587. The van der Waals surface area contributed by atoms with Crippen molar-refractivity contribution in [1.82, 2.24) is 14.8 Å². The molecule has 0 radical (unpaired) electrons. The number of benzene rings is 1. The van der Waals surface area contributed by atoms with Crippen LogP contribution in [0.1, 0.15) is 16.1 Å². The third-order valence-corrected chi connectivity index (χ3v) is 3.56. The number of phenolic OH excluding ortho intramolecular Hbond substituents is 1. The lowest BCUT2D eigenvalue weighted by Gasteiger charge is -2.07. The van der Waals surface area contributed by atoms with Gasteiger partial charge < -0.3 is 10.4 Å². The van der Waals surface area contributed by atoms with E-state index in [2.05, 4.69) is 15.4 Å². The summed E-state index contributed by atoms with van der Waals surface area (Å²) in [7, 11) is 1.81. The maximum atomic E-state index is 12.2. The standard InChI is InChI=1S/C15H13ClN4O2/c1-8-11-6-10(7-17-14(11)20(2)19-8)18-15(22)12-5-9(16)3-4-13(12)21/h3-7,21H,1-2H3,(H,18,22). The van der Waals surface area contributed by atoms with Crippen LogP contribution in [0, 0.1) is 6.92 Å². The van der Waals surface area contributed by atoms with Gasteiger partial charge in [0.05, 0.1) is 23.1 Å². The van der Waals surface area contributed by atoms with Crippen molar-refractivity contribution in [3.8, 4) is 5.75 Å². The van der Waals surface area contributed by atoms with Crippen LogP contribution in [0.5, 0.6) is 5.75 Å². The summed E-state index contributed by atoms with van der Waals surface area (Å²) in [6.45, 7) is 1.87. The van der Waals surface area contributed by atoms with Gasteiger partial charge in [0, 0.05) is 17.5 Å². The van der Waals surface area contributed by atoms with Gasteiger partial charge in [0.1, 0.15) is 5.75 Å². The molecule has 0 spiro atoms. The molecule has 0 bridgehead atoms. The summed E-state index contributed by atoms with van der Waals surface area (Å²) < 4.78 is 1.68. The smallest absolute Gasteiger partial charge is 0.259 e. The molecule has 3 aromatic rings. The molecule has 6 nitrogen and oxygen atoms in total. The van der Waals surface area contributed by atoms with Gasteiger partial charge in [-0.25, -0.2) is 4.98 Å². The van der Waals surface area contributed by atoms with Crippen molar-refractivity contribution in [2.75, 3.05) is 5.32 Å². The second kappa shape index (κ2) is 5.31. The Kier molecular flexibility index (Phi) is 3.46. The molecule has 112 valence electrons. The first kappa shape index (κ1) is 14.3. The van der Waals surface area contributed by atoms with Crippen LogP contribution in [-0.2, 0) is 7.05 Å². The number of phenols is 1. The number of carbonyl (C=O) groups is 1. The Labute approximate surface area is 131 Å². The Hall–Kier alpha value is -2.60. The molecule has 0 aliphatic heterocycles. The fourth-order valence-electron chi connectivity index (χ4n) is 2.26. The van der Waals surface area contributed by atoms with E-state index in [0.717, 1.165) is 16.7 Å². The maximum absolute atomic E-state index is 12.2. The van der Waals surface area contributed by atoms with Crippen molar-refractivity contribution in [3.63, 3.8) is 0 Å². The molecule has 1 amide bonds. The normalized spacial score (nSPS) is 10.9. The number of anilines is 1. The third kappa shape index (κ3) is 2.48. The molecule has 2 aromatic heterocycles. The number of halogens is 1. The highest BCUT2D eigenvalue weighted by molar-refractivity contribution is 6.31. The van der Waals surface area contributed by atoms with E-state index in [1.54, 1.807) is 16.9 Å². The molecule has 2 heterocycles. The van der Waals surface area contributed by atoms with E-state index in [1.807, 2.05) is 14.0 Å². The van der Waals surface area contributed by atoms with Gasteiger partial charge in [-0.1, -0.05) is 11.6 Å². The highest BCUT2D eigenvalue weighted by atomic mass is 35.5. The number of nitrogens with zero attached hydrogens (tertiary/aromatic N) is 3. The van der Waals surface area contributed by atoms with Gasteiger partial charge in [-0.3, -0.25) is 9.48 Å². The number of aromatic nitrogens is 3. The number of hydrogen-bond donors (Lipinski definition) is 2. The van der Waals surface area contributed by atoms with Crippen LogP contribution >= 0.6 is 11.6 Å². The molecule has 22 heavy (non-hydrogen) atoms. The summed E-state index contributed by atoms with van der Waals surface area (Å²) in [4.78, 5) is 16.5. The number of hydrogen-bond acceptors (Lipinski definition) is 4. The lowest BCUT2D eigenvalue weighted by atomic mass is 10.2. The molecule has 0 saturated carbocycles. The van der Waals surface area contributed by atoms with Gasteiger partial charge in [-0.15, -0.1) is 0 Å². The molecule has 2 N–H and O–H groups in total. The molecule has 0 atom stereocenters. The van der Waals surface area contributed by atoms with E-state index < -0.39 is 5.91 Å². The maximum Gasteiger partial charge on any atom is 0.259 e. The summed E-state index contributed by atoms with van der Waals surface area (Å²) in [5, 5.41) is 18.0. The largest absolute Gasteiger partial charge is 0.507 e. The van der Waals surface area contributed by atoms with Crippen LogP contribution in [0.15, 0.2) is 30.5 Å². The molecule has 0 saturated heterocycles. The van der Waals surface area contributed by atoms with E-state index >= 15 is 0 Å². The third-order valence-electron chi connectivity index (χ3n) is 3.32. The highest BCUT2D eigenvalue weighted by Gasteiger charge is 2.13. The Morgan fingerprint density at radius 2 is 2.14 bits per heavy atom. The molecule has 0 unspecified atom stereocenters. The molecule has 3 rings (SSSR count). The van der Waals surface area contributed by atoms with Crippen LogP contribution in [0.25, 0.3) is 11.0 Å². The van der Waals surface area contributed by atoms with Gasteiger partial charge in [0.15, 0.2) is 5.65 Å². The minimum absolute atomic E-state index is 0.107. The van der Waals surface area contributed by atoms with Gasteiger partial charge in [0.2, 0.25) is 0 Å². The molecule has 1 aromatic carbocycles. The van der Waals surface area contributed by atoms with Gasteiger partial charge >= 0.3 is 0 Å². The first-order valence-corrected chi connectivity index (χ1v) is 6.92. The van der Waals surface area contributed by atoms with Crippen molar-refractivity contribution in [2.45, 2.75) is 6.92 Å². The number of rotatable bonds is 2.